The number of halogens is 1. The van der Waals surface area contributed by atoms with Crippen LogP contribution in [0.5, 0.6) is 5.75 Å². The molecule has 0 spiro atoms. The van der Waals surface area contributed by atoms with Crippen LogP contribution in [0.3, 0.4) is 0 Å². The summed E-state index contributed by atoms with van der Waals surface area (Å²) in [6.07, 6.45) is 5.47. The minimum Gasteiger partial charge on any atom is -0.486 e. The van der Waals surface area contributed by atoms with Gasteiger partial charge in [-0.3, -0.25) is 0 Å². The molecule has 1 aliphatic heterocycles. The first-order valence-corrected chi connectivity index (χ1v) is 12.0. The van der Waals surface area contributed by atoms with Gasteiger partial charge in [-0.2, -0.15) is 0 Å². The number of furan rings is 1. The predicted octanol–water partition coefficient (Wildman–Crippen LogP) is 5.86. The number of likely N-dealkylation sites (tertiary alicyclic amines) is 1. The van der Waals surface area contributed by atoms with Crippen LogP contribution < -0.4 is 10.4 Å². The molecule has 0 aliphatic carbocycles. The Balaban J connectivity index is 1.02. The monoisotopic (exact) mass is 476 g/mol. The summed E-state index contributed by atoms with van der Waals surface area (Å²) >= 11 is 0. The summed E-state index contributed by atoms with van der Waals surface area (Å²) in [5.41, 5.74) is 2.06. The van der Waals surface area contributed by atoms with Crippen molar-refractivity contribution < 1.29 is 22.5 Å². The lowest BCUT2D eigenvalue weighted by Gasteiger charge is -2.31. The van der Waals surface area contributed by atoms with Gasteiger partial charge in [0.15, 0.2) is 16.7 Å². The van der Waals surface area contributed by atoms with Crippen LogP contribution in [0.15, 0.2) is 66.9 Å². The third-order valence-electron chi connectivity index (χ3n) is 6.83. The van der Waals surface area contributed by atoms with Crippen molar-refractivity contribution in [1.82, 2.24) is 10.1 Å². The zero-order chi connectivity index (χ0) is 23.8. The number of ether oxygens (including phenoxy) is 1. The second-order valence-corrected chi connectivity index (χ2v) is 9.10. The van der Waals surface area contributed by atoms with Crippen molar-refractivity contribution in [3.8, 4) is 5.75 Å². The minimum absolute atomic E-state index is 0.308. The van der Waals surface area contributed by atoms with Crippen LogP contribution in [0.2, 0.25) is 0 Å². The summed E-state index contributed by atoms with van der Waals surface area (Å²) in [5, 5.41) is 6.87. The SMILES string of the molecule is O=c1ccc2cc3ccoc3c(OCCCCN3CCC(c4noc5cc(F)ccc45)CC3)c2o1. The van der Waals surface area contributed by atoms with Gasteiger partial charge in [-0.15, -0.1) is 0 Å². The van der Waals surface area contributed by atoms with Crippen molar-refractivity contribution in [2.24, 2.45) is 0 Å². The molecule has 3 aromatic heterocycles. The summed E-state index contributed by atoms with van der Waals surface area (Å²) in [6, 6.07) is 11.6. The molecule has 2 aromatic carbocycles. The van der Waals surface area contributed by atoms with E-state index < -0.39 is 5.63 Å². The topological polar surface area (TPSA) is 81.9 Å². The van der Waals surface area contributed by atoms with Gasteiger partial charge in [0.1, 0.15) is 5.82 Å². The molecule has 6 rings (SSSR count). The molecule has 0 radical (unpaired) electrons. The fourth-order valence-electron chi connectivity index (χ4n) is 5.00. The Morgan fingerprint density at radius 1 is 1.03 bits per heavy atom. The molecule has 1 fully saturated rings. The summed E-state index contributed by atoms with van der Waals surface area (Å²) in [7, 11) is 0. The molecule has 0 N–H and O–H groups in total. The van der Waals surface area contributed by atoms with Gasteiger partial charge in [0.25, 0.3) is 0 Å². The summed E-state index contributed by atoms with van der Waals surface area (Å²) in [6.45, 7) is 3.47. The van der Waals surface area contributed by atoms with Crippen LogP contribution in [0.1, 0.15) is 37.3 Å². The van der Waals surface area contributed by atoms with Crippen LogP contribution in [-0.2, 0) is 0 Å². The van der Waals surface area contributed by atoms with Gasteiger partial charge in [-0.05, 0) is 75.6 Å². The van der Waals surface area contributed by atoms with Crippen molar-refractivity contribution in [2.75, 3.05) is 26.2 Å². The fourth-order valence-corrected chi connectivity index (χ4v) is 5.00. The lowest BCUT2D eigenvalue weighted by atomic mass is 9.91. The highest BCUT2D eigenvalue weighted by Gasteiger charge is 2.25. The average molecular weight is 477 g/mol. The van der Waals surface area contributed by atoms with Crippen molar-refractivity contribution in [3.63, 3.8) is 0 Å². The van der Waals surface area contributed by atoms with E-state index in [1.165, 1.54) is 18.2 Å². The second kappa shape index (κ2) is 9.19. The van der Waals surface area contributed by atoms with Gasteiger partial charge in [0.2, 0.25) is 5.75 Å². The van der Waals surface area contributed by atoms with E-state index in [2.05, 4.69) is 10.1 Å². The molecule has 35 heavy (non-hydrogen) atoms. The molecule has 5 aromatic rings. The second-order valence-electron chi connectivity index (χ2n) is 9.10. The van der Waals surface area contributed by atoms with Gasteiger partial charge in [0, 0.05) is 34.2 Å². The zero-order valence-corrected chi connectivity index (χ0v) is 19.2. The molecule has 0 unspecified atom stereocenters. The molecule has 180 valence electrons. The van der Waals surface area contributed by atoms with E-state index in [4.69, 9.17) is 18.1 Å². The maximum absolute atomic E-state index is 13.4. The third-order valence-corrected chi connectivity index (χ3v) is 6.83. The molecule has 1 aliphatic rings. The number of aromatic nitrogens is 1. The highest BCUT2D eigenvalue weighted by atomic mass is 19.1. The number of nitrogens with zero attached hydrogens (tertiary/aromatic N) is 2. The molecule has 8 heteroatoms. The summed E-state index contributed by atoms with van der Waals surface area (Å²) in [4.78, 5) is 14.2. The van der Waals surface area contributed by atoms with Crippen LogP contribution in [0.4, 0.5) is 4.39 Å². The number of unbranched alkanes of at least 4 members (excludes halogenated alkanes) is 1. The fraction of sp³-hybridized carbons (Fsp3) is 0.333. The number of fused-ring (bicyclic) bond motifs is 3. The predicted molar refractivity (Wildman–Crippen MR) is 129 cm³/mol. The van der Waals surface area contributed by atoms with E-state index in [-0.39, 0.29) is 5.82 Å². The van der Waals surface area contributed by atoms with Crippen molar-refractivity contribution >= 4 is 32.9 Å². The van der Waals surface area contributed by atoms with E-state index in [9.17, 15) is 9.18 Å². The molecular formula is C27H25FN2O5. The average Bonchev–Trinajstić information content (AvgIpc) is 3.50. The lowest BCUT2D eigenvalue weighted by molar-refractivity contribution is 0.199. The van der Waals surface area contributed by atoms with Crippen LogP contribution in [0.25, 0.3) is 32.9 Å². The third kappa shape index (κ3) is 4.30. The van der Waals surface area contributed by atoms with Crippen LogP contribution in [0, 0.1) is 5.82 Å². The first-order valence-electron chi connectivity index (χ1n) is 12.0. The summed E-state index contributed by atoms with van der Waals surface area (Å²) < 4.78 is 35.8. The zero-order valence-electron chi connectivity index (χ0n) is 19.2. The Morgan fingerprint density at radius 2 is 1.89 bits per heavy atom. The Morgan fingerprint density at radius 3 is 2.77 bits per heavy atom. The van der Waals surface area contributed by atoms with Crippen molar-refractivity contribution in [2.45, 2.75) is 31.6 Å². The number of piperidine rings is 1. The molecule has 0 atom stereocenters. The lowest BCUT2D eigenvalue weighted by Crippen LogP contribution is -2.34. The van der Waals surface area contributed by atoms with E-state index >= 15 is 0 Å². The quantitative estimate of drug-likeness (QED) is 0.215. The van der Waals surface area contributed by atoms with Gasteiger partial charge in [-0.1, -0.05) is 5.16 Å². The summed E-state index contributed by atoms with van der Waals surface area (Å²) in [5.74, 6) is 0.510. The maximum atomic E-state index is 13.4. The van der Waals surface area contributed by atoms with Crippen LogP contribution in [-0.4, -0.2) is 36.3 Å². The largest absolute Gasteiger partial charge is 0.486 e. The molecule has 7 nitrogen and oxygen atoms in total. The van der Waals surface area contributed by atoms with E-state index in [1.807, 2.05) is 12.1 Å². The Labute approximate surface area is 200 Å². The maximum Gasteiger partial charge on any atom is 0.336 e. The standard InChI is InChI=1S/C27H25FN2O5/c28-20-4-5-21-22(16-20)35-29-24(21)17-7-11-30(12-8-17)10-1-2-13-32-27-25-19(9-14-33-25)15-18-3-6-23(31)34-26(18)27/h3-6,9,14-17H,1-2,7-8,10-13H2. The number of benzene rings is 2. The molecule has 0 bridgehead atoms. The first kappa shape index (κ1) is 21.9. The van der Waals surface area contributed by atoms with Crippen molar-refractivity contribution in [1.29, 1.82) is 0 Å². The molecule has 0 amide bonds. The number of rotatable bonds is 7. The van der Waals surface area contributed by atoms with Gasteiger partial charge < -0.3 is 23.0 Å². The van der Waals surface area contributed by atoms with Crippen molar-refractivity contribution in [3.05, 3.63) is 70.7 Å². The smallest absolute Gasteiger partial charge is 0.336 e. The van der Waals surface area contributed by atoms with E-state index in [1.54, 1.807) is 18.4 Å². The Kier molecular flexibility index (Phi) is 5.74. The molecule has 4 heterocycles. The van der Waals surface area contributed by atoms with Gasteiger partial charge >= 0.3 is 5.63 Å². The highest BCUT2D eigenvalue weighted by Crippen LogP contribution is 2.35. The molecular weight excluding hydrogens is 451 g/mol. The Bertz CT molecular complexity index is 1540. The normalized spacial score (nSPS) is 15.5. The number of hydrogen-bond acceptors (Lipinski definition) is 7. The van der Waals surface area contributed by atoms with Gasteiger partial charge in [0.05, 0.1) is 18.6 Å². The minimum atomic E-state index is -0.414. The highest BCUT2D eigenvalue weighted by molar-refractivity contribution is 5.99. The van der Waals surface area contributed by atoms with E-state index in [0.29, 0.717) is 35.0 Å². The molecule has 1 saturated heterocycles. The number of hydrogen-bond donors (Lipinski definition) is 0. The molecule has 0 saturated carbocycles. The van der Waals surface area contributed by atoms with Crippen LogP contribution >= 0.6 is 0 Å². The Hall–Kier alpha value is -3.65. The van der Waals surface area contributed by atoms with E-state index in [0.717, 1.165) is 67.2 Å². The van der Waals surface area contributed by atoms with Gasteiger partial charge in [-0.25, -0.2) is 9.18 Å². The first-order chi connectivity index (χ1) is 17.2.